The van der Waals surface area contributed by atoms with Crippen molar-refractivity contribution in [1.82, 2.24) is 9.05 Å². The average molecular weight is 184 g/mol. The van der Waals surface area contributed by atoms with Crippen LogP contribution in [0, 0.1) is 0 Å². The molecule has 0 aliphatic carbocycles. The molecule has 56 valence electrons. The van der Waals surface area contributed by atoms with Crippen molar-refractivity contribution in [2.75, 3.05) is 0 Å². The standard InChI is InChI=1S/C7H9BN2.Cr/c1-3-10-7-5-4-6-8(10)9-2;/h4-7H,3H2,1H3;. The predicted molar refractivity (Wildman–Crippen MR) is 43.0 cm³/mol. The van der Waals surface area contributed by atoms with Gasteiger partial charge in [0.25, 0.3) is 0 Å². The molecule has 1 rings (SSSR count). The van der Waals surface area contributed by atoms with Gasteiger partial charge in [0.1, 0.15) is 0 Å². The maximum atomic E-state index is 4.12. The maximum absolute atomic E-state index is 4.12. The van der Waals surface area contributed by atoms with E-state index in [9.17, 15) is 0 Å². The first-order chi connectivity index (χ1) is 5.38. The first-order valence-corrected chi connectivity index (χ1v) is 4.20. The molecule has 0 amide bonds. The van der Waals surface area contributed by atoms with Crippen LogP contribution in [0.15, 0.2) is 24.3 Å². The molecule has 0 saturated carbocycles. The van der Waals surface area contributed by atoms with Crippen molar-refractivity contribution in [3.05, 3.63) is 24.3 Å². The minimum absolute atomic E-state index is 0.131. The third-order valence-electron chi connectivity index (χ3n) is 1.56. The summed E-state index contributed by atoms with van der Waals surface area (Å²) in [7, 11) is 0. The molecule has 0 spiro atoms. The zero-order valence-corrected chi connectivity index (χ0v) is 7.67. The van der Waals surface area contributed by atoms with Crippen LogP contribution in [0.4, 0.5) is 0 Å². The first-order valence-electron chi connectivity index (χ1n) is 3.56. The second-order valence-corrected chi connectivity index (χ2v) is 2.48. The van der Waals surface area contributed by atoms with Gasteiger partial charge in [0.15, 0.2) is 0 Å². The second kappa shape index (κ2) is 4.29. The summed E-state index contributed by atoms with van der Waals surface area (Å²) in [5, 5.41) is 0. The van der Waals surface area contributed by atoms with Gasteiger partial charge in [-0.3, -0.25) is 0 Å². The van der Waals surface area contributed by atoms with Crippen molar-refractivity contribution in [1.29, 1.82) is 0 Å². The number of hydrogen-bond acceptors (Lipinski definition) is 0. The molecule has 0 aliphatic rings. The normalized spacial score (nSPS) is 8.45. The fourth-order valence-electron chi connectivity index (χ4n) is 0.986. The van der Waals surface area contributed by atoms with Crippen LogP contribution in [0.5, 0.6) is 0 Å². The zero-order chi connectivity index (χ0) is 8.10. The third kappa shape index (κ3) is 2.15. The molecule has 0 aromatic carbocycles. The number of nitrogens with zero attached hydrogens (tertiary/aromatic N) is 2. The Labute approximate surface area is 74.0 Å². The molecule has 0 unspecified atom stereocenters. The molecule has 0 radical (unpaired) electrons. The Morgan fingerprint density at radius 3 is 3.09 bits per heavy atom. The molecule has 1 heterocycles. The van der Waals surface area contributed by atoms with Crippen LogP contribution in [-0.2, 0) is 22.4 Å². The van der Waals surface area contributed by atoms with Gasteiger partial charge < -0.3 is 0 Å². The van der Waals surface area contributed by atoms with E-state index in [4.69, 9.17) is 0 Å². The van der Waals surface area contributed by atoms with Gasteiger partial charge in [-0.25, -0.2) is 0 Å². The van der Waals surface area contributed by atoms with E-state index in [1.165, 1.54) is 0 Å². The van der Waals surface area contributed by atoms with Crippen LogP contribution in [0.25, 0.3) is 0 Å². The Bertz CT molecular complexity index is 359. The average Bonchev–Trinajstić information content (AvgIpc) is 2.06. The second-order valence-electron chi connectivity index (χ2n) is 2.19. The number of aryl methyl sites for hydroxylation is 1. The zero-order valence-electron chi connectivity index (χ0n) is 6.40. The van der Waals surface area contributed by atoms with E-state index in [0.29, 0.717) is 0 Å². The Morgan fingerprint density at radius 2 is 2.45 bits per heavy atom. The molecule has 11 heavy (non-hydrogen) atoms. The number of aromatic nitrogens is 1. The Balaban J connectivity index is 3.48. The van der Waals surface area contributed by atoms with Crippen LogP contribution in [0.2, 0.25) is 0 Å². The molecular weight excluding hydrogens is 175 g/mol. The molecule has 0 atom stereocenters. The van der Waals surface area contributed by atoms with Crippen molar-refractivity contribution < 1.29 is 15.9 Å². The molecule has 4 heteroatoms. The van der Waals surface area contributed by atoms with E-state index < -0.39 is 0 Å². The van der Waals surface area contributed by atoms with Crippen molar-refractivity contribution >= 4 is 11.0 Å². The first kappa shape index (κ1) is 8.46. The van der Waals surface area contributed by atoms with Crippen molar-refractivity contribution in [3.8, 4) is 0 Å². The molecule has 0 N–H and O–H groups in total. The van der Waals surface area contributed by atoms with Crippen LogP contribution in [0.3, 0.4) is 0 Å². The van der Waals surface area contributed by atoms with E-state index in [2.05, 4.69) is 36.5 Å². The summed E-state index contributed by atoms with van der Waals surface area (Å²) in [6.07, 6.45) is 2.16. The van der Waals surface area contributed by atoms with E-state index in [1.807, 2.05) is 24.3 Å². The Hall–Kier alpha value is -0.633. The summed E-state index contributed by atoms with van der Waals surface area (Å²) in [5.41, 5.74) is 0. The van der Waals surface area contributed by atoms with Gasteiger partial charge in [0.05, 0.1) is 0 Å². The fraction of sp³-hybridized carbons (Fsp3) is 0.286. The van der Waals surface area contributed by atoms with E-state index >= 15 is 0 Å². The third-order valence-corrected chi connectivity index (χ3v) is 1.73. The summed E-state index contributed by atoms with van der Waals surface area (Å²) < 4.78 is 8.92. The summed E-state index contributed by atoms with van der Waals surface area (Å²) in [6.45, 7) is 3.07. The summed E-state index contributed by atoms with van der Waals surface area (Å²) >= 11 is 2.63. The van der Waals surface area contributed by atoms with Gasteiger partial charge in [-0.1, -0.05) is 0 Å². The number of rotatable bonds is 1. The van der Waals surface area contributed by atoms with Gasteiger partial charge >= 0.3 is 73.6 Å². The van der Waals surface area contributed by atoms with Gasteiger partial charge in [0.2, 0.25) is 0 Å². The Morgan fingerprint density at radius 1 is 1.64 bits per heavy atom. The number of hydrogen-bond donors (Lipinski definition) is 0. The molecule has 2 nitrogen and oxygen atoms in total. The molecule has 1 aromatic heterocycles. The van der Waals surface area contributed by atoms with Crippen LogP contribution in [-0.4, -0.2) is 15.4 Å². The van der Waals surface area contributed by atoms with Gasteiger partial charge in [-0.15, -0.1) is 0 Å². The van der Waals surface area contributed by atoms with Gasteiger partial charge in [0, 0.05) is 0 Å². The topological polar surface area (TPSA) is 19.0 Å². The summed E-state index contributed by atoms with van der Waals surface area (Å²) in [5.74, 6) is 2.04. The van der Waals surface area contributed by atoms with Crippen molar-refractivity contribution in [2.24, 2.45) is 0 Å². The van der Waals surface area contributed by atoms with Crippen molar-refractivity contribution in [2.45, 2.75) is 13.5 Å². The molecule has 0 saturated heterocycles. The molecule has 0 bridgehead atoms. The van der Waals surface area contributed by atoms with Crippen LogP contribution < -0.4 is 4.57 Å². The van der Waals surface area contributed by atoms with Crippen LogP contribution in [0.1, 0.15) is 6.92 Å². The quantitative estimate of drug-likeness (QED) is 0.443. The SMILES string of the molecule is CCn1cccc[b-]1=[N+]=[C]=[Cr]. The van der Waals surface area contributed by atoms with Crippen molar-refractivity contribution in [3.63, 3.8) is 0 Å². The van der Waals surface area contributed by atoms with Gasteiger partial charge in [-0.2, -0.15) is 0 Å². The summed E-state index contributed by atoms with van der Waals surface area (Å²) in [6, 6.07) is 4.01. The van der Waals surface area contributed by atoms with Gasteiger partial charge in [-0.05, 0) is 0 Å². The van der Waals surface area contributed by atoms with E-state index in [-0.39, 0.29) is 6.28 Å². The van der Waals surface area contributed by atoms with E-state index in [0.717, 1.165) is 6.54 Å². The minimum atomic E-state index is 0.131. The van der Waals surface area contributed by atoms with E-state index in [1.54, 1.807) is 0 Å². The summed E-state index contributed by atoms with van der Waals surface area (Å²) in [4.78, 5) is 0. The van der Waals surface area contributed by atoms with Crippen LogP contribution >= 0.6 is 0 Å². The molecular formula is C7H9BCrN2. The monoisotopic (exact) mass is 184 g/mol. The fourth-order valence-corrected chi connectivity index (χ4v) is 1.15. The molecule has 0 fully saturated rings. The molecule has 1 aromatic rings. The predicted octanol–water partition coefficient (Wildman–Crippen LogP) is 0.366. The molecule has 0 aliphatic heterocycles. The Kier molecular flexibility index (Phi) is 3.30.